The lowest BCUT2D eigenvalue weighted by Crippen LogP contribution is -2.39. The van der Waals surface area contributed by atoms with Crippen molar-refractivity contribution < 1.29 is 14.7 Å². The maximum atomic E-state index is 12.2. The Labute approximate surface area is 116 Å². The molecule has 2 N–H and O–H groups in total. The van der Waals surface area contributed by atoms with Gasteiger partial charge in [0.15, 0.2) is 0 Å². The number of rotatable bonds is 4. The van der Waals surface area contributed by atoms with Crippen molar-refractivity contribution in [2.45, 2.75) is 30.6 Å². The van der Waals surface area contributed by atoms with E-state index in [9.17, 15) is 9.59 Å². The Kier molecular flexibility index (Phi) is 4.47. The molecule has 1 aliphatic carbocycles. The second kappa shape index (κ2) is 6.10. The molecule has 2 atom stereocenters. The van der Waals surface area contributed by atoms with Crippen LogP contribution in [0.2, 0.25) is 0 Å². The molecule has 0 bridgehead atoms. The van der Waals surface area contributed by atoms with Crippen molar-refractivity contribution in [1.29, 1.82) is 0 Å². The Bertz CT molecular complexity index is 489. The van der Waals surface area contributed by atoms with Crippen LogP contribution in [-0.4, -0.2) is 34.5 Å². The molecular weight excluding hydrogens is 262 g/mol. The van der Waals surface area contributed by atoms with E-state index in [1.807, 2.05) is 6.26 Å². The fourth-order valence-electron chi connectivity index (χ4n) is 2.49. The largest absolute Gasteiger partial charge is 0.478 e. The Hall–Kier alpha value is -1.49. The van der Waals surface area contributed by atoms with Gasteiger partial charge in [0.1, 0.15) is 0 Å². The smallest absolute Gasteiger partial charge is 0.336 e. The molecule has 2 rings (SSSR count). The van der Waals surface area contributed by atoms with E-state index < -0.39 is 5.97 Å². The first-order valence-electron chi connectivity index (χ1n) is 6.29. The minimum Gasteiger partial charge on any atom is -0.478 e. The minimum atomic E-state index is -1.07. The maximum Gasteiger partial charge on any atom is 0.336 e. The van der Waals surface area contributed by atoms with Crippen molar-refractivity contribution in [1.82, 2.24) is 5.32 Å². The fraction of sp³-hybridized carbons (Fsp3) is 0.429. The number of aromatic carboxylic acids is 1. The predicted octanol–water partition coefficient (Wildman–Crippen LogP) is 2.40. The highest BCUT2D eigenvalue weighted by Crippen LogP contribution is 2.28. The van der Waals surface area contributed by atoms with Crippen LogP contribution in [0.5, 0.6) is 0 Å². The van der Waals surface area contributed by atoms with Crippen molar-refractivity contribution in [2.75, 3.05) is 6.26 Å². The van der Waals surface area contributed by atoms with Gasteiger partial charge in [-0.2, -0.15) is 11.8 Å². The van der Waals surface area contributed by atoms with E-state index in [4.69, 9.17) is 5.11 Å². The molecule has 1 amide bonds. The van der Waals surface area contributed by atoms with Crippen LogP contribution in [0.15, 0.2) is 24.3 Å². The molecule has 0 aromatic heterocycles. The van der Waals surface area contributed by atoms with Crippen LogP contribution >= 0.6 is 11.8 Å². The summed E-state index contributed by atoms with van der Waals surface area (Å²) >= 11 is 1.76. The maximum absolute atomic E-state index is 12.2. The summed E-state index contributed by atoms with van der Waals surface area (Å²) in [5.41, 5.74) is 0.292. The summed E-state index contributed by atoms with van der Waals surface area (Å²) < 4.78 is 0. The van der Waals surface area contributed by atoms with Crippen LogP contribution in [0.25, 0.3) is 0 Å². The zero-order valence-electron chi connectivity index (χ0n) is 10.8. The van der Waals surface area contributed by atoms with E-state index in [1.54, 1.807) is 30.0 Å². The number of hydrogen-bond donors (Lipinski definition) is 2. The number of carboxylic acids is 1. The minimum absolute atomic E-state index is 0.0544. The number of thioether (sulfide) groups is 1. The summed E-state index contributed by atoms with van der Waals surface area (Å²) in [6.07, 6.45) is 5.22. The highest BCUT2D eigenvalue weighted by Gasteiger charge is 2.28. The van der Waals surface area contributed by atoms with Crippen LogP contribution in [0.3, 0.4) is 0 Å². The summed E-state index contributed by atoms with van der Waals surface area (Å²) in [5, 5.41) is 12.5. The third kappa shape index (κ3) is 3.10. The molecule has 5 heteroatoms. The highest BCUT2D eigenvalue weighted by atomic mass is 32.2. The van der Waals surface area contributed by atoms with Gasteiger partial charge in [0, 0.05) is 11.3 Å². The molecule has 0 radical (unpaired) electrons. The summed E-state index contributed by atoms with van der Waals surface area (Å²) in [6, 6.07) is 6.46. The Balaban J connectivity index is 2.14. The first kappa shape index (κ1) is 13.9. The van der Waals surface area contributed by atoms with Gasteiger partial charge in [0.2, 0.25) is 0 Å². The molecule has 1 saturated carbocycles. The summed E-state index contributed by atoms with van der Waals surface area (Å²) in [7, 11) is 0. The number of carboxylic acid groups (broad SMARTS) is 1. The lowest BCUT2D eigenvalue weighted by Gasteiger charge is -2.19. The van der Waals surface area contributed by atoms with E-state index >= 15 is 0 Å². The molecule has 2 unspecified atom stereocenters. The van der Waals surface area contributed by atoms with Gasteiger partial charge in [-0.15, -0.1) is 0 Å². The summed E-state index contributed by atoms with van der Waals surface area (Å²) in [6.45, 7) is 0. The Morgan fingerprint density at radius 2 is 1.95 bits per heavy atom. The molecule has 1 fully saturated rings. The normalized spacial score (nSPS) is 22.2. The van der Waals surface area contributed by atoms with Gasteiger partial charge in [0.05, 0.1) is 11.1 Å². The lowest BCUT2D eigenvalue weighted by atomic mass is 10.1. The van der Waals surface area contributed by atoms with Crippen molar-refractivity contribution in [2.24, 2.45) is 0 Å². The number of carbonyl (C=O) groups excluding carboxylic acids is 1. The van der Waals surface area contributed by atoms with Crippen LogP contribution < -0.4 is 5.32 Å². The second-order valence-corrected chi connectivity index (χ2v) is 5.71. The number of amides is 1. The fourth-order valence-corrected chi connectivity index (χ4v) is 3.42. The molecule has 0 saturated heterocycles. The standard InChI is InChI=1S/C14H17NO3S/c1-19-12-8-4-7-11(12)15-13(16)9-5-2-3-6-10(9)14(17)18/h2-3,5-6,11-12H,4,7-8H2,1H3,(H,15,16)(H,17,18). The molecule has 0 heterocycles. The highest BCUT2D eigenvalue weighted by molar-refractivity contribution is 7.99. The van der Waals surface area contributed by atoms with Gasteiger partial charge in [0.25, 0.3) is 5.91 Å². The lowest BCUT2D eigenvalue weighted by molar-refractivity contribution is 0.0690. The van der Waals surface area contributed by atoms with Gasteiger partial charge in [-0.05, 0) is 31.2 Å². The third-order valence-corrected chi connectivity index (χ3v) is 4.64. The number of carbonyl (C=O) groups is 2. The monoisotopic (exact) mass is 279 g/mol. The van der Waals surface area contributed by atoms with Gasteiger partial charge >= 0.3 is 5.97 Å². The number of benzene rings is 1. The molecule has 19 heavy (non-hydrogen) atoms. The van der Waals surface area contributed by atoms with E-state index in [1.165, 1.54) is 6.07 Å². The average molecular weight is 279 g/mol. The molecule has 1 aliphatic rings. The molecule has 0 spiro atoms. The number of hydrogen-bond acceptors (Lipinski definition) is 3. The van der Waals surface area contributed by atoms with Gasteiger partial charge in [-0.3, -0.25) is 4.79 Å². The molecule has 102 valence electrons. The second-order valence-electron chi connectivity index (χ2n) is 4.64. The van der Waals surface area contributed by atoms with Gasteiger partial charge < -0.3 is 10.4 Å². The Morgan fingerprint density at radius 3 is 2.58 bits per heavy atom. The third-order valence-electron chi connectivity index (χ3n) is 3.47. The molecule has 0 aliphatic heterocycles. The van der Waals surface area contributed by atoms with Crippen LogP contribution in [0, 0.1) is 0 Å². The van der Waals surface area contributed by atoms with E-state index in [-0.39, 0.29) is 23.1 Å². The average Bonchev–Trinajstić information content (AvgIpc) is 2.85. The number of nitrogens with one attached hydrogen (secondary N) is 1. The van der Waals surface area contributed by atoms with Crippen molar-refractivity contribution in [3.8, 4) is 0 Å². The summed E-state index contributed by atoms with van der Waals surface area (Å²) in [4.78, 5) is 23.3. The van der Waals surface area contributed by atoms with Gasteiger partial charge in [-0.25, -0.2) is 4.79 Å². The molecule has 4 nitrogen and oxygen atoms in total. The van der Waals surface area contributed by atoms with Crippen molar-refractivity contribution in [3.63, 3.8) is 0 Å². The quantitative estimate of drug-likeness (QED) is 0.888. The van der Waals surface area contributed by atoms with Crippen LogP contribution in [-0.2, 0) is 0 Å². The topological polar surface area (TPSA) is 66.4 Å². The van der Waals surface area contributed by atoms with E-state index in [0.717, 1.165) is 19.3 Å². The molecule has 1 aromatic carbocycles. The SMILES string of the molecule is CSC1CCCC1NC(=O)c1ccccc1C(=O)O. The molecule has 1 aromatic rings. The zero-order valence-corrected chi connectivity index (χ0v) is 11.6. The van der Waals surface area contributed by atoms with Crippen LogP contribution in [0.4, 0.5) is 0 Å². The van der Waals surface area contributed by atoms with E-state index in [0.29, 0.717) is 5.25 Å². The zero-order chi connectivity index (χ0) is 13.8. The van der Waals surface area contributed by atoms with Crippen molar-refractivity contribution >= 4 is 23.6 Å². The van der Waals surface area contributed by atoms with Crippen LogP contribution in [0.1, 0.15) is 40.0 Å². The van der Waals surface area contributed by atoms with E-state index in [2.05, 4.69) is 5.32 Å². The first-order valence-corrected chi connectivity index (χ1v) is 7.58. The Morgan fingerprint density at radius 1 is 1.26 bits per heavy atom. The summed E-state index contributed by atoms with van der Waals surface area (Å²) in [5.74, 6) is -1.36. The van der Waals surface area contributed by atoms with Gasteiger partial charge in [-0.1, -0.05) is 18.6 Å². The predicted molar refractivity (Wildman–Crippen MR) is 75.8 cm³/mol. The first-order chi connectivity index (χ1) is 9.13. The molecular formula is C14H17NO3S. The van der Waals surface area contributed by atoms with Crippen molar-refractivity contribution in [3.05, 3.63) is 35.4 Å².